The van der Waals surface area contributed by atoms with E-state index in [0.29, 0.717) is 0 Å². The minimum absolute atomic E-state index is 0. The van der Waals surface area contributed by atoms with Gasteiger partial charge in [0.1, 0.15) is 12.0 Å². The molecule has 0 atom stereocenters. The maximum atomic E-state index is 4.05. The van der Waals surface area contributed by atoms with E-state index in [1.54, 1.807) is 6.33 Å². The predicted molar refractivity (Wildman–Crippen MR) is 40.7 cm³/mol. The highest BCUT2D eigenvalue weighted by Gasteiger charge is 1.96. The molecule has 0 saturated heterocycles. The zero-order chi connectivity index (χ0) is 6.97. The van der Waals surface area contributed by atoms with Crippen LogP contribution in [0.3, 0.4) is 0 Å². The minimum atomic E-state index is 0. The monoisotopic (exact) mass is 135 g/mol. The van der Waals surface area contributed by atoms with Gasteiger partial charge in [-0.05, 0) is 13.0 Å². The standard InChI is InChI=1S/C7H7N3.H2/c1-5-6-2-3-8-7(6)10-4-9-5;/h2-4H,1H3,(H,8,9,10);1H. The topological polar surface area (TPSA) is 41.6 Å². The molecule has 3 heteroatoms. The number of hydrogen-bond donors (Lipinski definition) is 1. The third-order valence-corrected chi connectivity index (χ3v) is 1.55. The van der Waals surface area contributed by atoms with Gasteiger partial charge in [0, 0.05) is 13.0 Å². The van der Waals surface area contributed by atoms with Crippen LogP contribution < -0.4 is 0 Å². The molecule has 3 nitrogen and oxygen atoms in total. The van der Waals surface area contributed by atoms with Crippen molar-refractivity contribution in [1.82, 2.24) is 15.0 Å². The summed E-state index contributed by atoms with van der Waals surface area (Å²) in [7, 11) is 0. The van der Waals surface area contributed by atoms with Crippen molar-refractivity contribution in [3.05, 3.63) is 24.3 Å². The minimum Gasteiger partial charge on any atom is -0.346 e. The molecule has 0 aliphatic heterocycles. The Morgan fingerprint density at radius 3 is 3.20 bits per heavy atom. The Morgan fingerprint density at radius 1 is 1.50 bits per heavy atom. The second kappa shape index (κ2) is 1.80. The largest absolute Gasteiger partial charge is 0.346 e. The van der Waals surface area contributed by atoms with Gasteiger partial charge in [0.2, 0.25) is 0 Å². The van der Waals surface area contributed by atoms with E-state index in [1.807, 2.05) is 19.2 Å². The summed E-state index contributed by atoms with van der Waals surface area (Å²) in [5.74, 6) is 0. The summed E-state index contributed by atoms with van der Waals surface area (Å²) in [6, 6.07) is 1.98. The van der Waals surface area contributed by atoms with E-state index >= 15 is 0 Å². The zero-order valence-corrected chi connectivity index (χ0v) is 5.63. The van der Waals surface area contributed by atoms with Crippen LogP contribution in [0.5, 0.6) is 0 Å². The Kier molecular flexibility index (Phi) is 0.974. The molecule has 10 heavy (non-hydrogen) atoms. The number of aromatic amines is 1. The number of nitrogens with zero attached hydrogens (tertiary/aromatic N) is 2. The van der Waals surface area contributed by atoms with Crippen molar-refractivity contribution in [3.63, 3.8) is 0 Å². The Hall–Kier alpha value is -1.38. The molecule has 0 radical (unpaired) electrons. The van der Waals surface area contributed by atoms with Crippen LogP contribution in [0.25, 0.3) is 11.0 Å². The van der Waals surface area contributed by atoms with Gasteiger partial charge in [-0.1, -0.05) is 0 Å². The van der Waals surface area contributed by atoms with Gasteiger partial charge in [0.05, 0.1) is 5.69 Å². The third-order valence-electron chi connectivity index (χ3n) is 1.55. The van der Waals surface area contributed by atoms with Gasteiger partial charge in [0.15, 0.2) is 0 Å². The maximum Gasteiger partial charge on any atom is 0.140 e. The number of aryl methyl sites for hydroxylation is 1. The van der Waals surface area contributed by atoms with E-state index < -0.39 is 0 Å². The van der Waals surface area contributed by atoms with Gasteiger partial charge in [-0.15, -0.1) is 0 Å². The second-order valence-electron chi connectivity index (χ2n) is 2.20. The molecule has 0 spiro atoms. The molecule has 0 aliphatic rings. The van der Waals surface area contributed by atoms with Gasteiger partial charge < -0.3 is 4.98 Å². The molecular weight excluding hydrogens is 126 g/mol. The number of rotatable bonds is 0. The first-order valence-electron chi connectivity index (χ1n) is 3.12. The molecular formula is C7H9N3. The van der Waals surface area contributed by atoms with Gasteiger partial charge in [-0.25, -0.2) is 9.97 Å². The van der Waals surface area contributed by atoms with E-state index in [0.717, 1.165) is 16.7 Å². The fourth-order valence-electron chi connectivity index (χ4n) is 1.00. The first-order valence-corrected chi connectivity index (χ1v) is 3.12. The van der Waals surface area contributed by atoms with E-state index in [9.17, 15) is 0 Å². The van der Waals surface area contributed by atoms with Gasteiger partial charge >= 0.3 is 0 Å². The average molecular weight is 135 g/mol. The molecule has 0 aromatic carbocycles. The van der Waals surface area contributed by atoms with Crippen LogP contribution >= 0.6 is 0 Å². The highest BCUT2D eigenvalue weighted by atomic mass is 14.9. The van der Waals surface area contributed by atoms with Crippen LogP contribution in [0.4, 0.5) is 0 Å². The Balaban J connectivity index is 0.000000605. The van der Waals surface area contributed by atoms with Crippen LogP contribution in [-0.4, -0.2) is 15.0 Å². The molecule has 2 heterocycles. The summed E-state index contributed by atoms with van der Waals surface area (Å²) in [6.07, 6.45) is 3.43. The van der Waals surface area contributed by atoms with E-state index in [-0.39, 0.29) is 1.43 Å². The maximum absolute atomic E-state index is 4.05. The lowest BCUT2D eigenvalue weighted by Gasteiger charge is -1.90. The van der Waals surface area contributed by atoms with Gasteiger partial charge in [0.25, 0.3) is 0 Å². The lowest BCUT2D eigenvalue weighted by atomic mass is 10.3. The van der Waals surface area contributed by atoms with Gasteiger partial charge in [-0.3, -0.25) is 0 Å². The zero-order valence-electron chi connectivity index (χ0n) is 5.63. The Bertz CT molecular complexity index is 355. The van der Waals surface area contributed by atoms with Crippen molar-refractivity contribution in [2.24, 2.45) is 0 Å². The highest BCUT2D eigenvalue weighted by molar-refractivity contribution is 5.77. The molecule has 0 unspecified atom stereocenters. The number of hydrogen-bond acceptors (Lipinski definition) is 2. The number of nitrogens with one attached hydrogen (secondary N) is 1. The van der Waals surface area contributed by atoms with Crippen LogP contribution in [0.2, 0.25) is 0 Å². The third kappa shape index (κ3) is 0.603. The summed E-state index contributed by atoms with van der Waals surface area (Å²) < 4.78 is 0. The number of aromatic nitrogens is 3. The molecule has 0 bridgehead atoms. The molecule has 2 aromatic rings. The van der Waals surface area contributed by atoms with E-state index in [2.05, 4.69) is 15.0 Å². The summed E-state index contributed by atoms with van der Waals surface area (Å²) in [4.78, 5) is 11.1. The molecule has 2 aromatic heterocycles. The normalized spacial score (nSPS) is 10.5. The van der Waals surface area contributed by atoms with Crippen molar-refractivity contribution in [3.8, 4) is 0 Å². The summed E-state index contributed by atoms with van der Waals surface area (Å²) >= 11 is 0. The van der Waals surface area contributed by atoms with Crippen molar-refractivity contribution >= 4 is 11.0 Å². The van der Waals surface area contributed by atoms with Crippen molar-refractivity contribution < 1.29 is 1.43 Å². The molecule has 52 valence electrons. The van der Waals surface area contributed by atoms with E-state index in [1.165, 1.54) is 0 Å². The molecule has 0 fully saturated rings. The van der Waals surface area contributed by atoms with Crippen molar-refractivity contribution in [2.75, 3.05) is 0 Å². The SMILES string of the molecule is Cc1ncnc2[nH]ccc12.[HH]. The summed E-state index contributed by atoms with van der Waals surface area (Å²) in [5.41, 5.74) is 1.93. The lowest BCUT2D eigenvalue weighted by molar-refractivity contribution is 1.14. The fraction of sp³-hybridized carbons (Fsp3) is 0.143. The van der Waals surface area contributed by atoms with E-state index in [4.69, 9.17) is 0 Å². The van der Waals surface area contributed by atoms with Crippen LogP contribution in [0.15, 0.2) is 18.6 Å². The number of fused-ring (bicyclic) bond motifs is 1. The number of H-pyrrole nitrogens is 1. The molecule has 0 aliphatic carbocycles. The Morgan fingerprint density at radius 2 is 2.40 bits per heavy atom. The fourth-order valence-corrected chi connectivity index (χ4v) is 1.00. The highest BCUT2D eigenvalue weighted by Crippen LogP contribution is 2.10. The predicted octanol–water partition coefficient (Wildman–Crippen LogP) is 1.51. The van der Waals surface area contributed by atoms with Crippen molar-refractivity contribution in [1.29, 1.82) is 0 Å². The Labute approximate surface area is 59.6 Å². The molecule has 1 N–H and O–H groups in total. The quantitative estimate of drug-likeness (QED) is 0.595. The second-order valence-corrected chi connectivity index (χ2v) is 2.20. The van der Waals surface area contributed by atoms with Crippen LogP contribution in [0.1, 0.15) is 7.12 Å². The lowest BCUT2D eigenvalue weighted by Crippen LogP contribution is -1.83. The average Bonchev–Trinajstić information content (AvgIpc) is 2.36. The summed E-state index contributed by atoms with van der Waals surface area (Å²) in [5, 5.41) is 1.10. The van der Waals surface area contributed by atoms with Crippen LogP contribution in [-0.2, 0) is 0 Å². The summed E-state index contributed by atoms with van der Waals surface area (Å²) in [6.45, 7) is 1.97. The molecule has 0 saturated carbocycles. The van der Waals surface area contributed by atoms with Crippen molar-refractivity contribution in [2.45, 2.75) is 6.92 Å². The molecule has 0 amide bonds. The first kappa shape index (κ1) is 5.41. The first-order chi connectivity index (χ1) is 4.88. The van der Waals surface area contributed by atoms with Crippen LogP contribution in [0, 0.1) is 6.92 Å². The smallest absolute Gasteiger partial charge is 0.140 e. The molecule has 2 rings (SSSR count). The van der Waals surface area contributed by atoms with Gasteiger partial charge in [-0.2, -0.15) is 0 Å².